The predicted molar refractivity (Wildman–Crippen MR) is 120 cm³/mol. The summed E-state index contributed by atoms with van der Waals surface area (Å²) < 4.78 is 13.6. The molecule has 142 valence electrons. The Hall–Kier alpha value is -2.42. The summed E-state index contributed by atoms with van der Waals surface area (Å²) in [5.74, 6) is 1.24. The topological polar surface area (TPSA) is 61.3 Å². The van der Waals surface area contributed by atoms with E-state index in [0.717, 1.165) is 16.7 Å². The largest absolute Gasteiger partial charge is 0.368 e. The lowest BCUT2D eigenvalue weighted by Gasteiger charge is -2.13. The van der Waals surface area contributed by atoms with Crippen molar-refractivity contribution in [3.63, 3.8) is 0 Å². The molecule has 2 aromatic carbocycles. The van der Waals surface area contributed by atoms with Crippen LogP contribution >= 0.6 is 24.0 Å². The van der Waals surface area contributed by atoms with Gasteiger partial charge in [0, 0.05) is 37.6 Å². The van der Waals surface area contributed by atoms with Gasteiger partial charge in [0.1, 0.15) is 11.6 Å². The molecule has 0 aliphatic rings. The van der Waals surface area contributed by atoms with Gasteiger partial charge < -0.3 is 16.0 Å². The van der Waals surface area contributed by atoms with Gasteiger partial charge in [0.05, 0.1) is 5.52 Å². The van der Waals surface area contributed by atoms with Crippen LogP contribution in [0, 0.1) is 5.82 Å². The Labute approximate surface area is 175 Å². The first-order valence-corrected chi connectivity index (χ1v) is 8.54. The molecule has 27 heavy (non-hydrogen) atoms. The highest BCUT2D eigenvalue weighted by molar-refractivity contribution is 14.0. The van der Waals surface area contributed by atoms with Gasteiger partial charge in [0.2, 0.25) is 0 Å². The maximum Gasteiger partial charge on any atom is 0.191 e. The van der Waals surface area contributed by atoms with E-state index < -0.39 is 0 Å². The summed E-state index contributed by atoms with van der Waals surface area (Å²) in [5, 5.41) is 10.7. The van der Waals surface area contributed by atoms with Gasteiger partial charge >= 0.3 is 0 Å². The quantitative estimate of drug-likeness (QED) is 0.218. The van der Waals surface area contributed by atoms with Gasteiger partial charge in [-0.1, -0.05) is 36.4 Å². The zero-order valence-electron chi connectivity index (χ0n) is 15.1. The van der Waals surface area contributed by atoms with E-state index >= 15 is 0 Å². The van der Waals surface area contributed by atoms with E-state index in [9.17, 15) is 4.39 Å². The molecule has 0 amide bonds. The number of pyridine rings is 1. The van der Waals surface area contributed by atoms with Crippen molar-refractivity contribution in [3.05, 3.63) is 72.0 Å². The van der Waals surface area contributed by atoms with Gasteiger partial charge in [0.25, 0.3) is 0 Å². The van der Waals surface area contributed by atoms with E-state index in [1.807, 2.05) is 42.5 Å². The van der Waals surface area contributed by atoms with E-state index in [4.69, 9.17) is 0 Å². The molecule has 1 heterocycles. The number of anilines is 1. The van der Waals surface area contributed by atoms with E-state index in [1.165, 1.54) is 6.07 Å². The number of aromatic nitrogens is 1. The van der Waals surface area contributed by atoms with Gasteiger partial charge in [-0.3, -0.25) is 4.99 Å². The van der Waals surface area contributed by atoms with Crippen LogP contribution in [0.4, 0.5) is 10.2 Å². The third-order valence-electron chi connectivity index (χ3n) is 3.95. The number of halogens is 2. The van der Waals surface area contributed by atoms with Gasteiger partial charge in [-0.2, -0.15) is 0 Å². The maximum absolute atomic E-state index is 13.6. The van der Waals surface area contributed by atoms with Crippen LogP contribution in [0.15, 0.2) is 65.7 Å². The highest BCUT2D eigenvalue weighted by Gasteiger charge is 2.02. The zero-order chi connectivity index (χ0) is 18.2. The van der Waals surface area contributed by atoms with Crippen molar-refractivity contribution in [3.8, 4) is 0 Å². The fourth-order valence-corrected chi connectivity index (χ4v) is 2.58. The molecule has 0 aliphatic heterocycles. The molecule has 3 rings (SSSR count). The molecule has 7 heteroatoms. The number of fused-ring (bicyclic) bond motifs is 1. The molecular formula is C20H23FIN5. The van der Waals surface area contributed by atoms with E-state index in [0.29, 0.717) is 31.2 Å². The standard InChI is InChI=1S/C20H22FN5.HI/c1-22-20(25-14-16-7-2-4-8-17(16)21)24-13-12-23-19-11-10-15-6-3-5-9-18(15)26-19;/h2-11H,12-14H2,1H3,(H,23,26)(H2,22,24,25);1H. The first-order chi connectivity index (χ1) is 12.8. The van der Waals surface area contributed by atoms with Gasteiger partial charge in [0.15, 0.2) is 5.96 Å². The number of guanidine groups is 1. The number of hydrogen-bond acceptors (Lipinski definition) is 3. The fourth-order valence-electron chi connectivity index (χ4n) is 2.58. The summed E-state index contributed by atoms with van der Waals surface area (Å²) in [6.45, 7) is 1.73. The minimum atomic E-state index is -0.223. The summed E-state index contributed by atoms with van der Waals surface area (Å²) in [6, 6.07) is 18.7. The first-order valence-electron chi connectivity index (χ1n) is 8.54. The molecule has 1 aromatic heterocycles. The summed E-state index contributed by atoms with van der Waals surface area (Å²) >= 11 is 0. The molecule has 0 saturated heterocycles. The lowest BCUT2D eigenvalue weighted by atomic mass is 10.2. The van der Waals surface area contributed by atoms with Crippen LogP contribution in [-0.4, -0.2) is 31.1 Å². The molecule has 0 aliphatic carbocycles. The van der Waals surface area contributed by atoms with Crippen molar-refractivity contribution in [2.45, 2.75) is 6.54 Å². The maximum atomic E-state index is 13.6. The molecule has 0 saturated carbocycles. The minimum Gasteiger partial charge on any atom is -0.368 e. The summed E-state index contributed by atoms with van der Waals surface area (Å²) in [7, 11) is 1.69. The lowest BCUT2D eigenvalue weighted by molar-refractivity contribution is 0.605. The van der Waals surface area contributed by atoms with Crippen molar-refractivity contribution < 1.29 is 4.39 Å². The van der Waals surface area contributed by atoms with Crippen molar-refractivity contribution >= 4 is 46.7 Å². The van der Waals surface area contributed by atoms with Crippen molar-refractivity contribution in [2.75, 3.05) is 25.5 Å². The predicted octanol–water partition coefficient (Wildman–Crippen LogP) is 3.77. The van der Waals surface area contributed by atoms with Crippen LogP contribution in [-0.2, 0) is 6.54 Å². The molecule has 0 atom stereocenters. The SMILES string of the molecule is CN=C(NCCNc1ccc2ccccc2n1)NCc1ccccc1F.I. The number of para-hydroxylation sites is 1. The number of aliphatic imine (C=N–C) groups is 1. The average Bonchev–Trinajstić information content (AvgIpc) is 2.68. The Kier molecular flexibility index (Phi) is 8.25. The van der Waals surface area contributed by atoms with Crippen LogP contribution < -0.4 is 16.0 Å². The molecule has 0 unspecified atom stereocenters. The molecule has 0 radical (unpaired) electrons. The number of hydrogen-bond donors (Lipinski definition) is 3. The van der Waals surface area contributed by atoms with E-state index in [-0.39, 0.29) is 29.8 Å². The lowest BCUT2D eigenvalue weighted by Crippen LogP contribution is -2.39. The molecular weight excluding hydrogens is 456 g/mol. The number of benzene rings is 2. The number of nitrogens with one attached hydrogen (secondary N) is 3. The second-order valence-electron chi connectivity index (χ2n) is 5.76. The van der Waals surface area contributed by atoms with Crippen molar-refractivity contribution in [1.29, 1.82) is 0 Å². The normalized spacial score (nSPS) is 11.0. The van der Waals surface area contributed by atoms with Crippen LogP contribution in [0.2, 0.25) is 0 Å². The summed E-state index contributed by atoms with van der Waals surface area (Å²) in [4.78, 5) is 8.72. The molecule has 5 nitrogen and oxygen atoms in total. The van der Waals surface area contributed by atoms with Gasteiger partial charge in [-0.05, 0) is 24.3 Å². The Bertz CT molecular complexity index is 900. The highest BCUT2D eigenvalue weighted by Crippen LogP contribution is 2.14. The van der Waals surface area contributed by atoms with Crippen LogP contribution in [0.3, 0.4) is 0 Å². The van der Waals surface area contributed by atoms with Crippen molar-refractivity contribution in [1.82, 2.24) is 15.6 Å². The first kappa shape index (κ1) is 20.9. The third kappa shape index (κ3) is 6.06. The Balaban J connectivity index is 0.00000261. The third-order valence-corrected chi connectivity index (χ3v) is 3.95. The average molecular weight is 479 g/mol. The van der Waals surface area contributed by atoms with Crippen LogP contribution in [0.5, 0.6) is 0 Å². The van der Waals surface area contributed by atoms with E-state index in [1.54, 1.807) is 19.2 Å². The van der Waals surface area contributed by atoms with Crippen molar-refractivity contribution in [2.24, 2.45) is 4.99 Å². The van der Waals surface area contributed by atoms with Crippen LogP contribution in [0.1, 0.15) is 5.56 Å². The number of nitrogens with zero attached hydrogens (tertiary/aromatic N) is 2. The second kappa shape index (κ2) is 10.7. The van der Waals surface area contributed by atoms with Crippen LogP contribution in [0.25, 0.3) is 10.9 Å². The molecule has 0 spiro atoms. The monoisotopic (exact) mass is 479 g/mol. The Morgan fingerprint density at radius 1 is 0.963 bits per heavy atom. The molecule has 0 bridgehead atoms. The molecule has 3 aromatic rings. The minimum absolute atomic E-state index is 0. The second-order valence-corrected chi connectivity index (χ2v) is 5.76. The smallest absolute Gasteiger partial charge is 0.191 e. The summed E-state index contributed by atoms with van der Waals surface area (Å²) in [6.07, 6.45) is 0. The number of rotatable bonds is 6. The molecule has 3 N–H and O–H groups in total. The van der Waals surface area contributed by atoms with Gasteiger partial charge in [-0.25, -0.2) is 9.37 Å². The summed E-state index contributed by atoms with van der Waals surface area (Å²) in [5.41, 5.74) is 1.57. The fraction of sp³-hybridized carbons (Fsp3) is 0.200. The zero-order valence-corrected chi connectivity index (χ0v) is 17.4. The Morgan fingerprint density at radius 2 is 1.74 bits per heavy atom. The van der Waals surface area contributed by atoms with Gasteiger partial charge in [-0.15, -0.1) is 24.0 Å². The highest BCUT2D eigenvalue weighted by atomic mass is 127. The van der Waals surface area contributed by atoms with E-state index in [2.05, 4.69) is 25.9 Å². The molecule has 0 fully saturated rings. The Morgan fingerprint density at radius 3 is 2.56 bits per heavy atom.